The smallest absolute Gasteiger partial charge is 0.334 e. The van der Waals surface area contributed by atoms with E-state index in [9.17, 15) is 9.59 Å². The van der Waals surface area contributed by atoms with Gasteiger partial charge in [0.25, 0.3) is 0 Å². The molecule has 0 rings (SSSR count). The van der Waals surface area contributed by atoms with E-state index in [2.05, 4.69) is 5.32 Å². The summed E-state index contributed by atoms with van der Waals surface area (Å²) in [6.45, 7) is 1.81. The number of hydrogen-bond donors (Lipinski definition) is 3. The van der Waals surface area contributed by atoms with Gasteiger partial charge in [0.2, 0.25) is 5.91 Å². The first kappa shape index (κ1) is 12.9. The molecule has 5 heteroatoms. The number of unbranched alkanes of at least 4 members (excludes halogenated alkanes) is 2. The molecular weight excluding hydrogens is 186 g/mol. The molecule has 1 atom stereocenters. The average Bonchev–Trinajstić information content (AvgIpc) is 2.14. The summed E-state index contributed by atoms with van der Waals surface area (Å²) in [6.07, 6.45) is 1.69. The maximum atomic E-state index is 11.0. The minimum Gasteiger partial charge on any atom is -0.479 e. The molecule has 0 aromatic carbocycles. The van der Waals surface area contributed by atoms with Gasteiger partial charge in [-0.25, -0.2) is 4.79 Å². The van der Waals surface area contributed by atoms with Gasteiger partial charge in [0.15, 0.2) is 6.10 Å². The van der Waals surface area contributed by atoms with Gasteiger partial charge in [-0.05, 0) is 6.42 Å². The first-order valence-corrected chi connectivity index (χ1v) is 4.75. The van der Waals surface area contributed by atoms with Crippen LogP contribution in [0.2, 0.25) is 0 Å². The van der Waals surface area contributed by atoms with Crippen LogP contribution < -0.4 is 5.32 Å². The Labute approximate surface area is 83.1 Å². The van der Waals surface area contributed by atoms with Gasteiger partial charge in [0.1, 0.15) is 0 Å². The normalized spacial score (nSPS) is 12.1. The minimum atomic E-state index is -1.51. The summed E-state index contributed by atoms with van der Waals surface area (Å²) in [4.78, 5) is 21.2. The topological polar surface area (TPSA) is 86.6 Å². The van der Waals surface area contributed by atoms with E-state index in [1.807, 2.05) is 6.92 Å². The monoisotopic (exact) mass is 203 g/mol. The molecule has 14 heavy (non-hydrogen) atoms. The lowest BCUT2D eigenvalue weighted by Gasteiger charge is -2.07. The second-order valence-corrected chi connectivity index (χ2v) is 3.12. The van der Waals surface area contributed by atoms with Crippen molar-refractivity contribution in [3.8, 4) is 0 Å². The molecule has 0 aromatic rings. The second-order valence-electron chi connectivity index (χ2n) is 3.12. The van der Waals surface area contributed by atoms with E-state index >= 15 is 0 Å². The van der Waals surface area contributed by atoms with Gasteiger partial charge in [-0.15, -0.1) is 0 Å². The van der Waals surface area contributed by atoms with Crippen LogP contribution in [0.4, 0.5) is 0 Å². The van der Waals surface area contributed by atoms with Crippen molar-refractivity contribution < 1.29 is 19.8 Å². The molecule has 0 saturated heterocycles. The van der Waals surface area contributed by atoms with E-state index in [0.717, 1.165) is 19.3 Å². The third-order valence-electron chi connectivity index (χ3n) is 1.79. The lowest BCUT2D eigenvalue weighted by Crippen LogP contribution is -2.36. The highest BCUT2D eigenvalue weighted by molar-refractivity contribution is 5.77. The van der Waals surface area contributed by atoms with Gasteiger partial charge in [-0.3, -0.25) is 4.79 Å². The van der Waals surface area contributed by atoms with E-state index < -0.39 is 12.1 Å². The van der Waals surface area contributed by atoms with Gasteiger partial charge < -0.3 is 15.5 Å². The van der Waals surface area contributed by atoms with Crippen molar-refractivity contribution in [2.75, 3.05) is 6.54 Å². The standard InChI is InChI=1S/C9H17NO4/c1-2-3-4-5-8(12)10-6-7(11)9(13)14/h7,11H,2-6H2,1H3,(H,10,12)(H,13,14). The quantitative estimate of drug-likeness (QED) is 0.513. The zero-order valence-corrected chi connectivity index (χ0v) is 8.32. The number of carbonyl (C=O) groups excluding carboxylic acids is 1. The molecule has 0 spiro atoms. The van der Waals surface area contributed by atoms with Gasteiger partial charge in [0.05, 0.1) is 6.54 Å². The van der Waals surface area contributed by atoms with E-state index in [4.69, 9.17) is 10.2 Å². The summed E-state index contributed by atoms with van der Waals surface area (Å²) >= 11 is 0. The first-order valence-electron chi connectivity index (χ1n) is 4.75. The Hall–Kier alpha value is -1.10. The Bertz CT molecular complexity index is 193. The van der Waals surface area contributed by atoms with Crippen LogP contribution in [-0.2, 0) is 9.59 Å². The number of carboxylic acid groups (broad SMARTS) is 1. The van der Waals surface area contributed by atoms with Crippen LogP contribution in [0.25, 0.3) is 0 Å². The number of rotatable bonds is 7. The Morgan fingerprint density at radius 2 is 2.00 bits per heavy atom. The molecule has 0 aromatic heterocycles. The van der Waals surface area contributed by atoms with Gasteiger partial charge in [-0.1, -0.05) is 19.8 Å². The number of aliphatic hydroxyl groups is 1. The van der Waals surface area contributed by atoms with Crippen molar-refractivity contribution in [3.63, 3.8) is 0 Å². The summed E-state index contributed by atoms with van der Waals surface area (Å²) in [5.41, 5.74) is 0. The zero-order valence-electron chi connectivity index (χ0n) is 8.32. The third kappa shape index (κ3) is 6.42. The summed E-state index contributed by atoms with van der Waals surface area (Å²) < 4.78 is 0. The molecule has 3 N–H and O–H groups in total. The van der Waals surface area contributed by atoms with E-state index in [0.29, 0.717) is 6.42 Å². The molecule has 0 saturated carbocycles. The molecule has 0 aliphatic rings. The molecule has 0 aliphatic heterocycles. The van der Waals surface area contributed by atoms with E-state index in [-0.39, 0.29) is 12.5 Å². The highest BCUT2D eigenvalue weighted by atomic mass is 16.4. The zero-order chi connectivity index (χ0) is 11.0. The molecular formula is C9H17NO4. The largest absolute Gasteiger partial charge is 0.479 e. The average molecular weight is 203 g/mol. The van der Waals surface area contributed by atoms with Crippen molar-refractivity contribution >= 4 is 11.9 Å². The van der Waals surface area contributed by atoms with Crippen LogP contribution in [-0.4, -0.2) is 34.7 Å². The highest BCUT2D eigenvalue weighted by Crippen LogP contribution is 1.98. The van der Waals surface area contributed by atoms with Gasteiger partial charge >= 0.3 is 5.97 Å². The van der Waals surface area contributed by atoms with Crippen molar-refractivity contribution in [1.82, 2.24) is 5.32 Å². The van der Waals surface area contributed by atoms with Crippen molar-refractivity contribution in [2.24, 2.45) is 0 Å². The number of aliphatic carboxylic acids is 1. The Morgan fingerprint density at radius 1 is 1.36 bits per heavy atom. The van der Waals surface area contributed by atoms with Crippen LogP contribution in [0.3, 0.4) is 0 Å². The number of amides is 1. The SMILES string of the molecule is CCCCCC(=O)NCC(O)C(=O)O. The van der Waals surface area contributed by atoms with Gasteiger partial charge in [-0.2, -0.15) is 0 Å². The molecule has 82 valence electrons. The number of hydrogen-bond acceptors (Lipinski definition) is 3. The van der Waals surface area contributed by atoms with Crippen LogP contribution in [0, 0.1) is 0 Å². The van der Waals surface area contributed by atoms with E-state index in [1.54, 1.807) is 0 Å². The lowest BCUT2D eigenvalue weighted by molar-refractivity contribution is -0.146. The minimum absolute atomic E-state index is 0.209. The third-order valence-corrected chi connectivity index (χ3v) is 1.79. The molecule has 0 radical (unpaired) electrons. The molecule has 0 bridgehead atoms. The fourth-order valence-corrected chi connectivity index (χ4v) is 0.922. The molecule has 1 unspecified atom stereocenters. The fraction of sp³-hybridized carbons (Fsp3) is 0.778. The van der Waals surface area contributed by atoms with Gasteiger partial charge in [0, 0.05) is 6.42 Å². The first-order chi connectivity index (χ1) is 6.57. The van der Waals surface area contributed by atoms with Crippen LogP contribution in [0.15, 0.2) is 0 Å². The number of aliphatic hydroxyl groups excluding tert-OH is 1. The lowest BCUT2D eigenvalue weighted by atomic mass is 10.2. The molecule has 0 aliphatic carbocycles. The van der Waals surface area contributed by atoms with Crippen molar-refractivity contribution in [3.05, 3.63) is 0 Å². The number of carboxylic acids is 1. The maximum absolute atomic E-state index is 11.0. The molecule has 0 fully saturated rings. The second kappa shape index (κ2) is 7.32. The highest BCUT2D eigenvalue weighted by Gasteiger charge is 2.13. The van der Waals surface area contributed by atoms with Crippen LogP contribution >= 0.6 is 0 Å². The summed E-state index contributed by atoms with van der Waals surface area (Å²) in [6, 6.07) is 0. The molecule has 0 heterocycles. The van der Waals surface area contributed by atoms with E-state index in [1.165, 1.54) is 0 Å². The Balaban J connectivity index is 3.48. The maximum Gasteiger partial charge on any atom is 0.334 e. The van der Waals surface area contributed by atoms with Crippen LogP contribution in [0.5, 0.6) is 0 Å². The predicted octanol–water partition coefficient (Wildman–Crippen LogP) is 0.128. The van der Waals surface area contributed by atoms with Crippen molar-refractivity contribution in [1.29, 1.82) is 0 Å². The summed E-state index contributed by atoms with van der Waals surface area (Å²) in [5, 5.41) is 19.5. The molecule has 1 amide bonds. The molecule has 5 nitrogen and oxygen atoms in total. The summed E-state index contributed by atoms with van der Waals surface area (Å²) in [7, 11) is 0. The fourth-order valence-electron chi connectivity index (χ4n) is 0.922. The Kier molecular flexibility index (Phi) is 6.74. The van der Waals surface area contributed by atoms with Crippen molar-refractivity contribution in [2.45, 2.75) is 38.7 Å². The Morgan fingerprint density at radius 3 is 2.50 bits per heavy atom. The number of carbonyl (C=O) groups is 2. The predicted molar refractivity (Wildman–Crippen MR) is 50.8 cm³/mol. The van der Waals surface area contributed by atoms with Crippen LogP contribution in [0.1, 0.15) is 32.6 Å². The summed E-state index contributed by atoms with van der Waals surface area (Å²) in [5.74, 6) is -1.53. The number of nitrogens with one attached hydrogen (secondary N) is 1.